The maximum absolute atomic E-state index is 4.23. The van der Waals surface area contributed by atoms with Crippen LogP contribution in [0.15, 0.2) is 12.3 Å². The molecule has 0 radical (unpaired) electrons. The Balaban J connectivity index is 2.39. The molecule has 3 heteroatoms. The van der Waals surface area contributed by atoms with Gasteiger partial charge in [0.2, 0.25) is 0 Å². The third-order valence-electron chi connectivity index (χ3n) is 3.73. The van der Waals surface area contributed by atoms with Gasteiger partial charge in [-0.3, -0.25) is 4.68 Å². The Morgan fingerprint density at radius 3 is 2.53 bits per heavy atom. The highest BCUT2D eigenvalue weighted by atomic mass is 15.2. The van der Waals surface area contributed by atoms with Crippen molar-refractivity contribution in [3.63, 3.8) is 0 Å². The molecule has 0 saturated carbocycles. The fourth-order valence-corrected chi connectivity index (χ4v) is 2.96. The summed E-state index contributed by atoms with van der Waals surface area (Å²) in [6, 6.07) is 2.72. The first-order valence-corrected chi connectivity index (χ1v) is 7.46. The molecule has 1 aromatic rings. The quantitative estimate of drug-likeness (QED) is 0.819. The van der Waals surface area contributed by atoms with E-state index in [4.69, 9.17) is 0 Å². The second-order valence-electron chi connectivity index (χ2n) is 7.08. The van der Waals surface area contributed by atoms with Gasteiger partial charge in [-0.15, -0.1) is 0 Å². The number of aryl methyl sites for hydroxylation is 2. The summed E-state index contributed by atoms with van der Waals surface area (Å²) in [5.41, 5.74) is 1.75. The van der Waals surface area contributed by atoms with Crippen LogP contribution in [0.4, 0.5) is 0 Å². The van der Waals surface area contributed by atoms with Crippen molar-refractivity contribution >= 4 is 0 Å². The number of rotatable bonds is 7. The summed E-state index contributed by atoms with van der Waals surface area (Å²) in [4.78, 5) is 0. The van der Waals surface area contributed by atoms with Gasteiger partial charge in [0.25, 0.3) is 0 Å². The summed E-state index contributed by atoms with van der Waals surface area (Å²) < 4.78 is 1.98. The molecule has 2 unspecified atom stereocenters. The molecule has 0 aromatic carbocycles. The third kappa shape index (κ3) is 6.24. The van der Waals surface area contributed by atoms with Gasteiger partial charge in [-0.2, -0.15) is 5.10 Å². The van der Waals surface area contributed by atoms with Crippen molar-refractivity contribution in [3.8, 4) is 0 Å². The molecule has 0 fully saturated rings. The van der Waals surface area contributed by atoms with Crippen molar-refractivity contribution in [2.24, 2.45) is 18.4 Å². The van der Waals surface area contributed by atoms with Crippen molar-refractivity contribution in [2.45, 2.75) is 59.4 Å². The lowest BCUT2D eigenvalue weighted by Gasteiger charge is -2.26. The van der Waals surface area contributed by atoms with Gasteiger partial charge in [-0.25, -0.2) is 0 Å². The first-order chi connectivity index (χ1) is 8.81. The zero-order chi connectivity index (χ0) is 14.5. The minimum Gasteiger partial charge on any atom is -0.317 e. The molecular formula is C16H31N3. The second kappa shape index (κ2) is 7.09. The highest BCUT2D eigenvalue weighted by Gasteiger charge is 2.18. The fraction of sp³-hybridized carbons (Fsp3) is 0.812. The van der Waals surface area contributed by atoms with E-state index < -0.39 is 0 Å². The van der Waals surface area contributed by atoms with Gasteiger partial charge in [-0.05, 0) is 50.1 Å². The lowest BCUT2D eigenvalue weighted by atomic mass is 9.82. The van der Waals surface area contributed by atoms with Crippen LogP contribution in [0, 0.1) is 11.3 Å². The van der Waals surface area contributed by atoms with Gasteiger partial charge in [0, 0.05) is 25.0 Å². The first kappa shape index (κ1) is 16.2. The highest BCUT2D eigenvalue weighted by molar-refractivity contribution is 5.00. The van der Waals surface area contributed by atoms with Gasteiger partial charge >= 0.3 is 0 Å². The van der Waals surface area contributed by atoms with E-state index in [0.29, 0.717) is 11.5 Å². The molecule has 0 spiro atoms. The summed E-state index contributed by atoms with van der Waals surface area (Å²) >= 11 is 0. The monoisotopic (exact) mass is 265 g/mol. The van der Waals surface area contributed by atoms with Crippen LogP contribution in [-0.4, -0.2) is 22.9 Å². The summed E-state index contributed by atoms with van der Waals surface area (Å²) in [6.07, 6.45) is 6.71. The number of hydrogen-bond donors (Lipinski definition) is 1. The standard InChI is InChI=1S/C16H31N3/c1-13(12-16(2,3)4)11-14(17-5)7-8-15-9-10-18-19(15)6/h9-10,13-14,17H,7-8,11-12H2,1-6H3. The number of nitrogens with one attached hydrogen (secondary N) is 1. The van der Waals surface area contributed by atoms with E-state index in [0.717, 1.165) is 12.3 Å². The van der Waals surface area contributed by atoms with Gasteiger partial charge in [0.05, 0.1) is 0 Å². The average Bonchev–Trinajstić information content (AvgIpc) is 2.67. The predicted octanol–water partition coefficient (Wildman–Crippen LogP) is 3.40. The molecule has 1 N–H and O–H groups in total. The van der Waals surface area contributed by atoms with Crippen LogP contribution in [0.3, 0.4) is 0 Å². The Bertz CT molecular complexity index is 362. The molecule has 1 rings (SSSR count). The van der Waals surface area contributed by atoms with Crippen molar-refractivity contribution < 1.29 is 0 Å². The largest absolute Gasteiger partial charge is 0.317 e. The van der Waals surface area contributed by atoms with E-state index in [1.807, 2.05) is 17.9 Å². The maximum Gasteiger partial charge on any atom is 0.0492 e. The van der Waals surface area contributed by atoms with Crippen LogP contribution in [0.1, 0.15) is 52.7 Å². The predicted molar refractivity (Wildman–Crippen MR) is 82.2 cm³/mol. The third-order valence-corrected chi connectivity index (χ3v) is 3.73. The second-order valence-corrected chi connectivity index (χ2v) is 7.08. The summed E-state index contributed by atoms with van der Waals surface area (Å²) in [5, 5.41) is 7.70. The molecule has 110 valence electrons. The van der Waals surface area contributed by atoms with Gasteiger partial charge in [0.15, 0.2) is 0 Å². The van der Waals surface area contributed by atoms with E-state index >= 15 is 0 Å². The molecule has 0 aliphatic carbocycles. The minimum atomic E-state index is 0.430. The molecule has 2 atom stereocenters. The Hall–Kier alpha value is -0.830. The van der Waals surface area contributed by atoms with E-state index in [1.54, 1.807) is 0 Å². The van der Waals surface area contributed by atoms with E-state index in [-0.39, 0.29) is 0 Å². The smallest absolute Gasteiger partial charge is 0.0492 e. The SMILES string of the molecule is CNC(CCc1ccnn1C)CC(C)CC(C)(C)C. The lowest BCUT2D eigenvalue weighted by molar-refractivity contribution is 0.274. The fourth-order valence-electron chi connectivity index (χ4n) is 2.96. The van der Waals surface area contributed by atoms with Crippen molar-refractivity contribution in [3.05, 3.63) is 18.0 Å². The van der Waals surface area contributed by atoms with Crippen LogP contribution in [-0.2, 0) is 13.5 Å². The Kier molecular flexibility index (Phi) is 6.05. The van der Waals surface area contributed by atoms with E-state index in [2.05, 4.69) is 51.2 Å². The van der Waals surface area contributed by atoms with Crippen LogP contribution in [0.5, 0.6) is 0 Å². The normalized spacial score (nSPS) is 15.5. The molecule has 3 nitrogen and oxygen atoms in total. The molecule has 0 aliphatic heterocycles. The van der Waals surface area contributed by atoms with Crippen molar-refractivity contribution in [2.75, 3.05) is 7.05 Å². The van der Waals surface area contributed by atoms with Crippen LogP contribution >= 0.6 is 0 Å². The molecule has 19 heavy (non-hydrogen) atoms. The van der Waals surface area contributed by atoms with Crippen molar-refractivity contribution in [1.82, 2.24) is 15.1 Å². The molecule has 0 aliphatic rings. The minimum absolute atomic E-state index is 0.430. The molecule has 0 amide bonds. The molecular weight excluding hydrogens is 234 g/mol. The van der Waals surface area contributed by atoms with Gasteiger partial charge in [0.1, 0.15) is 0 Å². The number of nitrogens with zero attached hydrogens (tertiary/aromatic N) is 2. The molecule has 0 saturated heterocycles. The Labute approximate surface area is 118 Å². The summed E-state index contributed by atoms with van der Waals surface area (Å²) in [5.74, 6) is 0.768. The van der Waals surface area contributed by atoms with Crippen LogP contribution < -0.4 is 5.32 Å². The maximum atomic E-state index is 4.23. The first-order valence-electron chi connectivity index (χ1n) is 7.46. The zero-order valence-electron chi connectivity index (χ0n) is 13.5. The van der Waals surface area contributed by atoms with Gasteiger partial charge in [-0.1, -0.05) is 27.7 Å². The highest BCUT2D eigenvalue weighted by Crippen LogP contribution is 2.27. The average molecular weight is 265 g/mol. The summed E-state index contributed by atoms with van der Waals surface area (Å²) in [6.45, 7) is 9.36. The molecule has 0 bridgehead atoms. The van der Waals surface area contributed by atoms with Crippen LogP contribution in [0.2, 0.25) is 0 Å². The van der Waals surface area contributed by atoms with E-state index in [1.165, 1.54) is 25.0 Å². The molecule has 1 heterocycles. The number of hydrogen-bond acceptors (Lipinski definition) is 2. The summed E-state index contributed by atoms with van der Waals surface area (Å²) in [7, 11) is 4.10. The van der Waals surface area contributed by atoms with Gasteiger partial charge < -0.3 is 5.32 Å². The number of aromatic nitrogens is 2. The zero-order valence-corrected chi connectivity index (χ0v) is 13.5. The van der Waals surface area contributed by atoms with Crippen LogP contribution in [0.25, 0.3) is 0 Å². The van der Waals surface area contributed by atoms with E-state index in [9.17, 15) is 0 Å². The topological polar surface area (TPSA) is 29.9 Å². The Morgan fingerprint density at radius 1 is 1.37 bits per heavy atom. The Morgan fingerprint density at radius 2 is 2.05 bits per heavy atom. The molecule has 1 aromatic heterocycles. The lowest BCUT2D eigenvalue weighted by Crippen LogP contribution is -2.29. The van der Waals surface area contributed by atoms with Crippen molar-refractivity contribution in [1.29, 1.82) is 0 Å².